The maximum atomic E-state index is 5.91. The van der Waals surface area contributed by atoms with Gasteiger partial charge >= 0.3 is 0 Å². The van der Waals surface area contributed by atoms with Gasteiger partial charge in [-0.3, -0.25) is 4.98 Å². The largest absolute Gasteiger partial charge is 0.423 e. The smallest absolute Gasteiger partial charge is 0.298 e. The maximum absolute atomic E-state index is 5.91. The average molecular weight is 322 g/mol. The minimum Gasteiger partial charge on any atom is -0.423 e. The molecular weight excluding hydrogens is 300 g/mol. The summed E-state index contributed by atoms with van der Waals surface area (Å²) in [6.07, 6.45) is 4.00. The van der Waals surface area contributed by atoms with E-state index in [1.54, 1.807) is 0 Å². The summed E-state index contributed by atoms with van der Waals surface area (Å²) in [4.78, 5) is 13.8. The molecule has 5 nitrogen and oxygen atoms in total. The molecular formula is C19H22N4O. The summed E-state index contributed by atoms with van der Waals surface area (Å²) in [7, 11) is 0. The molecule has 0 saturated carbocycles. The van der Waals surface area contributed by atoms with Crippen molar-refractivity contribution in [2.45, 2.75) is 12.8 Å². The second kappa shape index (κ2) is 7.01. The molecule has 0 amide bonds. The van der Waals surface area contributed by atoms with Crippen LogP contribution in [0.2, 0.25) is 0 Å². The summed E-state index contributed by atoms with van der Waals surface area (Å²) in [6.45, 7) is 5.15. The minimum absolute atomic E-state index is 0.753. The Morgan fingerprint density at radius 3 is 2.75 bits per heavy atom. The fourth-order valence-electron chi connectivity index (χ4n) is 3.20. The summed E-state index contributed by atoms with van der Waals surface area (Å²) in [5.74, 6) is 0. The van der Waals surface area contributed by atoms with Gasteiger partial charge in [-0.15, -0.1) is 0 Å². The van der Waals surface area contributed by atoms with Crippen molar-refractivity contribution in [3.8, 4) is 0 Å². The predicted molar refractivity (Wildman–Crippen MR) is 95.2 cm³/mol. The van der Waals surface area contributed by atoms with Crippen LogP contribution in [0.25, 0.3) is 11.1 Å². The summed E-state index contributed by atoms with van der Waals surface area (Å²) in [5, 5.41) is 0. The van der Waals surface area contributed by atoms with Crippen molar-refractivity contribution >= 4 is 17.1 Å². The lowest BCUT2D eigenvalue weighted by molar-refractivity contribution is 0.296. The Bertz CT molecular complexity index is 753. The Balaban J connectivity index is 1.37. The van der Waals surface area contributed by atoms with E-state index in [1.807, 2.05) is 36.5 Å². The van der Waals surface area contributed by atoms with Crippen LogP contribution >= 0.6 is 0 Å². The molecule has 0 spiro atoms. The van der Waals surface area contributed by atoms with E-state index in [9.17, 15) is 0 Å². The van der Waals surface area contributed by atoms with Gasteiger partial charge in [-0.25, -0.2) is 0 Å². The van der Waals surface area contributed by atoms with Crippen LogP contribution in [0, 0.1) is 0 Å². The molecule has 0 unspecified atom stereocenters. The Kier molecular flexibility index (Phi) is 4.42. The summed E-state index contributed by atoms with van der Waals surface area (Å²) in [5.41, 5.74) is 2.96. The van der Waals surface area contributed by atoms with E-state index >= 15 is 0 Å². The molecule has 1 saturated heterocycles. The second-order valence-electron chi connectivity index (χ2n) is 6.22. The third-order valence-corrected chi connectivity index (χ3v) is 4.55. The van der Waals surface area contributed by atoms with E-state index in [0.717, 1.165) is 68.4 Å². The van der Waals surface area contributed by atoms with Gasteiger partial charge in [0.2, 0.25) is 0 Å². The van der Waals surface area contributed by atoms with Crippen LogP contribution in [-0.2, 0) is 6.42 Å². The van der Waals surface area contributed by atoms with Gasteiger partial charge in [0.25, 0.3) is 6.01 Å². The van der Waals surface area contributed by atoms with Crippen LogP contribution in [0.1, 0.15) is 12.1 Å². The Labute approximate surface area is 141 Å². The van der Waals surface area contributed by atoms with Gasteiger partial charge < -0.3 is 14.2 Å². The van der Waals surface area contributed by atoms with Crippen LogP contribution < -0.4 is 4.90 Å². The normalized spacial score (nSPS) is 16.4. The highest BCUT2D eigenvalue weighted by Crippen LogP contribution is 2.22. The first kappa shape index (κ1) is 15.1. The second-order valence-corrected chi connectivity index (χ2v) is 6.22. The number of anilines is 1. The number of fused-ring (bicyclic) bond motifs is 1. The molecule has 3 aromatic rings. The summed E-state index contributed by atoms with van der Waals surface area (Å²) in [6, 6.07) is 14.8. The van der Waals surface area contributed by atoms with Gasteiger partial charge in [0.15, 0.2) is 5.58 Å². The number of benzene rings is 1. The fourth-order valence-corrected chi connectivity index (χ4v) is 3.20. The minimum atomic E-state index is 0.753. The van der Waals surface area contributed by atoms with Crippen molar-refractivity contribution in [2.75, 3.05) is 37.6 Å². The molecule has 4 rings (SSSR count). The number of hydrogen-bond acceptors (Lipinski definition) is 5. The molecule has 124 valence electrons. The zero-order valence-electron chi connectivity index (χ0n) is 13.8. The Morgan fingerprint density at radius 2 is 1.88 bits per heavy atom. The maximum Gasteiger partial charge on any atom is 0.298 e. The first-order valence-corrected chi connectivity index (χ1v) is 8.61. The predicted octanol–water partition coefficient (Wildman–Crippen LogP) is 2.98. The number of aromatic nitrogens is 2. The van der Waals surface area contributed by atoms with Crippen LogP contribution in [0.4, 0.5) is 6.01 Å². The Hall–Kier alpha value is -2.40. The molecule has 24 heavy (non-hydrogen) atoms. The number of rotatable bonds is 4. The molecule has 1 aliphatic rings. The summed E-state index contributed by atoms with van der Waals surface area (Å²) >= 11 is 0. The number of pyridine rings is 1. The molecule has 0 radical (unpaired) electrons. The van der Waals surface area contributed by atoms with Gasteiger partial charge in [0, 0.05) is 44.5 Å². The van der Waals surface area contributed by atoms with Crippen molar-refractivity contribution in [3.63, 3.8) is 0 Å². The van der Waals surface area contributed by atoms with Crippen LogP contribution in [0.5, 0.6) is 0 Å². The van der Waals surface area contributed by atoms with Crippen molar-refractivity contribution < 1.29 is 4.42 Å². The molecule has 3 heterocycles. The first-order chi connectivity index (χ1) is 11.9. The Morgan fingerprint density at radius 1 is 0.958 bits per heavy atom. The highest BCUT2D eigenvalue weighted by atomic mass is 16.4. The van der Waals surface area contributed by atoms with Gasteiger partial charge in [0.1, 0.15) is 5.52 Å². The van der Waals surface area contributed by atoms with E-state index in [2.05, 4.69) is 31.9 Å². The van der Waals surface area contributed by atoms with Crippen LogP contribution in [0.3, 0.4) is 0 Å². The topological polar surface area (TPSA) is 45.4 Å². The van der Waals surface area contributed by atoms with E-state index in [1.165, 1.54) is 0 Å². The van der Waals surface area contributed by atoms with Crippen LogP contribution in [-0.4, -0.2) is 47.6 Å². The molecule has 5 heteroatoms. The number of nitrogens with zero attached hydrogens (tertiary/aromatic N) is 4. The van der Waals surface area contributed by atoms with Crippen molar-refractivity contribution in [1.82, 2.24) is 14.9 Å². The lowest BCUT2D eigenvalue weighted by Gasteiger charge is -2.20. The molecule has 0 atom stereocenters. The third kappa shape index (κ3) is 3.41. The lowest BCUT2D eigenvalue weighted by atomic mass is 10.2. The first-order valence-electron chi connectivity index (χ1n) is 8.61. The van der Waals surface area contributed by atoms with Crippen LogP contribution in [0.15, 0.2) is 53.1 Å². The molecule has 2 aromatic heterocycles. The highest BCUT2D eigenvalue weighted by molar-refractivity contribution is 5.74. The lowest BCUT2D eigenvalue weighted by Crippen LogP contribution is -2.32. The zero-order chi connectivity index (χ0) is 16.2. The molecule has 1 aromatic carbocycles. The van der Waals surface area contributed by atoms with E-state index in [0.29, 0.717) is 0 Å². The number of oxazole rings is 1. The fraction of sp³-hybridized carbons (Fsp3) is 0.368. The average Bonchev–Trinajstić information content (AvgIpc) is 2.92. The van der Waals surface area contributed by atoms with E-state index < -0.39 is 0 Å². The molecule has 0 bridgehead atoms. The van der Waals surface area contributed by atoms with Gasteiger partial charge in [-0.2, -0.15) is 4.98 Å². The highest BCUT2D eigenvalue weighted by Gasteiger charge is 2.19. The third-order valence-electron chi connectivity index (χ3n) is 4.55. The van der Waals surface area contributed by atoms with E-state index in [4.69, 9.17) is 4.42 Å². The van der Waals surface area contributed by atoms with Gasteiger partial charge in [-0.1, -0.05) is 18.2 Å². The molecule has 0 aliphatic carbocycles. The zero-order valence-corrected chi connectivity index (χ0v) is 13.8. The van der Waals surface area contributed by atoms with Gasteiger partial charge in [-0.05, 0) is 37.2 Å². The molecule has 1 aliphatic heterocycles. The molecule has 1 fully saturated rings. The monoisotopic (exact) mass is 322 g/mol. The van der Waals surface area contributed by atoms with E-state index in [-0.39, 0.29) is 0 Å². The number of hydrogen-bond donors (Lipinski definition) is 0. The SMILES string of the molecule is c1ccc(CCN2CCCN(c3nc4ccccc4o3)CC2)nc1. The standard InChI is InChI=1S/C19H22N4O/c1-2-8-18-17(7-1)21-19(24-18)23-12-5-11-22(14-15-23)13-9-16-6-3-4-10-20-16/h1-4,6-8,10H,5,9,11-15H2. The van der Waals surface area contributed by atoms with Crippen molar-refractivity contribution in [3.05, 3.63) is 54.4 Å². The van der Waals surface area contributed by atoms with Crippen molar-refractivity contribution in [1.29, 1.82) is 0 Å². The van der Waals surface area contributed by atoms with Gasteiger partial charge in [0.05, 0.1) is 0 Å². The summed E-state index contributed by atoms with van der Waals surface area (Å²) < 4.78 is 5.91. The molecule has 0 N–H and O–H groups in total. The quantitative estimate of drug-likeness (QED) is 0.739. The van der Waals surface area contributed by atoms with Crippen molar-refractivity contribution in [2.24, 2.45) is 0 Å². The number of para-hydroxylation sites is 2.